The van der Waals surface area contributed by atoms with Crippen LogP contribution in [0.1, 0.15) is 19.4 Å². The molecule has 0 spiro atoms. The molecule has 1 aliphatic rings. The lowest BCUT2D eigenvalue weighted by Gasteiger charge is -2.30. The van der Waals surface area contributed by atoms with Crippen molar-refractivity contribution in [1.29, 1.82) is 0 Å². The molecule has 0 saturated carbocycles. The summed E-state index contributed by atoms with van der Waals surface area (Å²) in [6, 6.07) is 4.54. The summed E-state index contributed by atoms with van der Waals surface area (Å²) in [6.45, 7) is 5.13. The first kappa shape index (κ1) is 16.4. The van der Waals surface area contributed by atoms with Gasteiger partial charge in [0.05, 0.1) is 17.2 Å². The molecule has 2 rings (SSSR count). The Morgan fingerprint density at radius 2 is 2.38 bits per heavy atom. The second kappa shape index (κ2) is 7.33. The molecule has 21 heavy (non-hydrogen) atoms. The van der Waals surface area contributed by atoms with Gasteiger partial charge in [0.15, 0.2) is 0 Å². The number of benzene rings is 1. The van der Waals surface area contributed by atoms with Crippen LogP contribution in [0.25, 0.3) is 0 Å². The third-order valence-electron chi connectivity index (χ3n) is 3.51. The fourth-order valence-electron chi connectivity index (χ4n) is 2.43. The number of ether oxygens (including phenoxy) is 1. The Morgan fingerprint density at radius 3 is 3.05 bits per heavy atom. The molecule has 1 heterocycles. The van der Waals surface area contributed by atoms with Gasteiger partial charge < -0.3 is 15.4 Å². The fraction of sp³-hybridized carbons (Fsp3) is 0.533. The van der Waals surface area contributed by atoms with Crippen molar-refractivity contribution in [2.24, 2.45) is 0 Å². The van der Waals surface area contributed by atoms with Gasteiger partial charge in [-0.3, -0.25) is 4.79 Å². The largest absolute Gasteiger partial charge is 0.375 e. The van der Waals surface area contributed by atoms with Crippen LogP contribution in [0.2, 0.25) is 0 Å². The van der Waals surface area contributed by atoms with E-state index in [0.717, 1.165) is 5.56 Å². The van der Waals surface area contributed by atoms with E-state index >= 15 is 0 Å². The van der Waals surface area contributed by atoms with E-state index in [0.29, 0.717) is 24.0 Å². The Balaban J connectivity index is 1.90. The van der Waals surface area contributed by atoms with Crippen molar-refractivity contribution in [1.82, 2.24) is 10.6 Å². The molecule has 1 saturated heterocycles. The number of rotatable bonds is 4. The van der Waals surface area contributed by atoms with Crippen LogP contribution in [0, 0.1) is 5.82 Å². The molecule has 4 nitrogen and oxygen atoms in total. The molecular formula is C15H20BrFN2O2. The van der Waals surface area contributed by atoms with Gasteiger partial charge in [0.2, 0.25) is 5.91 Å². The lowest BCUT2D eigenvalue weighted by atomic mass is 10.1. The average molecular weight is 359 g/mol. The van der Waals surface area contributed by atoms with Gasteiger partial charge in [-0.2, -0.15) is 0 Å². The Labute approximate surface area is 132 Å². The van der Waals surface area contributed by atoms with E-state index in [-0.39, 0.29) is 29.9 Å². The summed E-state index contributed by atoms with van der Waals surface area (Å²) in [7, 11) is 0. The van der Waals surface area contributed by atoms with E-state index in [1.165, 1.54) is 6.07 Å². The molecule has 3 atom stereocenters. The van der Waals surface area contributed by atoms with E-state index in [1.54, 1.807) is 12.1 Å². The maximum atomic E-state index is 13.2. The van der Waals surface area contributed by atoms with Gasteiger partial charge in [0.25, 0.3) is 0 Å². The third-order valence-corrected chi connectivity index (χ3v) is 4.12. The molecule has 0 aromatic heterocycles. The molecule has 1 aliphatic heterocycles. The van der Waals surface area contributed by atoms with Gasteiger partial charge in [-0.05, 0) is 53.9 Å². The summed E-state index contributed by atoms with van der Waals surface area (Å²) >= 11 is 3.17. The molecule has 1 amide bonds. The van der Waals surface area contributed by atoms with Crippen LogP contribution in [0.5, 0.6) is 0 Å². The number of hydrogen-bond donors (Lipinski definition) is 2. The summed E-state index contributed by atoms with van der Waals surface area (Å²) in [6.07, 6.45) is 0.512. The number of morpholine rings is 1. The van der Waals surface area contributed by atoms with Crippen molar-refractivity contribution in [3.05, 3.63) is 34.1 Å². The third kappa shape index (κ3) is 4.49. The first-order valence-corrected chi connectivity index (χ1v) is 7.86. The molecule has 1 unspecified atom stereocenters. The number of amides is 1. The SMILES string of the molecule is CC(Cc1ccc(F)c(Br)c1)NC(=O)[C@H]1NCCO[C@@H]1C. The second-order valence-electron chi connectivity index (χ2n) is 5.37. The Morgan fingerprint density at radius 1 is 1.62 bits per heavy atom. The highest BCUT2D eigenvalue weighted by atomic mass is 79.9. The normalized spacial score (nSPS) is 23.6. The zero-order valence-electron chi connectivity index (χ0n) is 12.2. The van der Waals surface area contributed by atoms with E-state index < -0.39 is 0 Å². The number of carbonyl (C=O) groups excluding carboxylic acids is 1. The van der Waals surface area contributed by atoms with E-state index in [1.807, 2.05) is 13.8 Å². The lowest BCUT2D eigenvalue weighted by molar-refractivity contribution is -0.129. The van der Waals surface area contributed by atoms with Crippen molar-refractivity contribution in [2.75, 3.05) is 13.2 Å². The van der Waals surface area contributed by atoms with E-state index in [2.05, 4.69) is 26.6 Å². The zero-order chi connectivity index (χ0) is 15.4. The smallest absolute Gasteiger partial charge is 0.240 e. The predicted octanol–water partition coefficient (Wildman–Crippen LogP) is 2.01. The van der Waals surface area contributed by atoms with Gasteiger partial charge in [-0.1, -0.05) is 6.07 Å². The van der Waals surface area contributed by atoms with Crippen LogP contribution in [0.15, 0.2) is 22.7 Å². The molecule has 0 aliphatic carbocycles. The minimum atomic E-state index is -0.318. The highest BCUT2D eigenvalue weighted by Crippen LogP contribution is 2.17. The van der Waals surface area contributed by atoms with Gasteiger partial charge in [0, 0.05) is 12.6 Å². The summed E-state index contributed by atoms with van der Waals surface area (Å²) < 4.78 is 19.1. The predicted molar refractivity (Wildman–Crippen MR) is 82.6 cm³/mol. The summed E-state index contributed by atoms with van der Waals surface area (Å²) in [5, 5.41) is 6.13. The molecule has 1 aromatic rings. The van der Waals surface area contributed by atoms with Crippen LogP contribution in [-0.2, 0) is 16.0 Å². The lowest BCUT2D eigenvalue weighted by Crippen LogP contribution is -2.56. The summed E-state index contributed by atoms with van der Waals surface area (Å²) in [5.41, 5.74) is 0.969. The maximum Gasteiger partial charge on any atom is 0.240 e. The second-order valence-corrected chi connectivity index (χ2v) is 6.22. The van der Waals surface area contributed by atoms with Gasteiger partial charge in [-0.25, -0.2) is 4.39 Å². The minimum Gasteiger partial charge on any atom is -0.375 e. The van der Waals surface area contributed by atoms with Crippen molar-refractivity contribution >= 4 is 21.8 Å². The number of carbonyl (C=O) groups is 1. The molecule has 1 fully saturated rings. The first-order chi connectivity index (χ1) is 9.97. The standard InChI is InChI=1S/C15H20BrFN2O2/c1-9(7-11-3-4-13(17)12(16)8-11)19-15(20)14-10(2)21-6-5-18-14/h3-4,8-10,14,18H,5-7H2,1-2H3,(H,19,20)/t9?,10-,14+/m1/s1. The van der Waals surface area contributed by atoms with Gasteiger partial charge in [0.1, 0.15) is 11.9 Å². The number of halogens is 2. The zero-order valence-corrected chi connectivity index (χ0v) is 13.7. The molecule has 116 valence electrons. The van der Waals surface area contributed by atoms with Crippen LogP contribution >= 0.6 is 15.9 Å². The molecule has 0 radical (unpaired) electrons. The van der Waals surface area contributed by atoms with Crippen molar-refractivity contribution in [3.8, 4) is 0 Å². The summed E-state index contributed by atoms with van der Waals surface area (Å²) in [5.74, 6) is -0.344. The Kier molecular flexibility index (Phi) is 5.72. The van der Waals surface area contributed by atoms with Crippen LogP contribution in [0.4, 0.5) is 4.39 Å². The van der Waals surface area contributed by atoms with Crippen molar-refractivity contribution < 1.29 is 13.9 Å². The Hall–Kier alpha value is -0.980. The fourth-order valence-corrected chi connectivity index (χ4v) is 2.86. The monoisotopic (exact) mass is 358 g/mol. The highest BCUT2D eigenvalue weighted by molar-refractivity contribution is 9.10. The number of nitrogens with one attached hydrogen (secondary N) is 2. The van der Waals surface area contributed by atoms with Crippen molar-refractivity contribution in [2.45, 2.75) is 38.5 Å². The quantitative estimate of drug-likeness (QED) is 0.865. The average Bonchev–Trinajstić information content (AvgIpc) is 2.43. The van der Waals surface area contributed by atoms with Gasteiger partial charge >= 0.3 is 0 Å². The van der Waals surface area contributed by atoms with Crippen LogP contribution in [-0.4, -0.2) is 37.2 Å². The van der Waals surface area contributed by atoms with Crippen LogP contribution < -0.4 is 10.6 Å². The Bertz CT molecular complexity index is 512. The van der Waals surface area contributed by atoms with E-state index in [4.69, 9.17) is 4.74 Å². The maximum absolute atomic E-state index is 13.2. The molecule has 0 bridgehead atoms. The number of hydrogen-bond acceptors (Lipinski definition) is 3. The van der Waals surface area contributed by atoms with E-state index in [9.17, 15) is 9.18 Å². The molecule has 1 aromatic carbocycles. The molecular weight excluding hydrogens is 339 g/mol. The van der Waals surface area contributed by atoms with Crippen LogP contribution in [0.3, 0.4) is 0 Å². The first-order valence-electron chi connectivity index (χ1n) is 7.06. The topological polar surface area (TPSA) is 50.4 Å². The minimum absolute atomic E-state index is 0.0363. The molecule has 2 N–H and O–H groups in total. The van der Waals surface area contributed by atoms with Crippen molar-refractivity contribution in [3.63, 3.8) is 0 Å². The summed E-state index contributed by atoms with van der Waals surface area (Å²) in [4.78, 5) is 12.2. The molecule has 6 heteroatoms. The highest BCUT2D eigenvalue weighted by Gasteiger charge is 2.28. The van der Waals surface area contributed by atoms with Gasteiger partial charge in [-0.15, -0.1) is 0 Å².